The zero-order valence-corrected chi connectivity index (χ0v) is 12.5. The molecule has 4 N–H and O–H groups in total. The van der Waals surface area contributed by atoms with Gasteiger partial charge in [-0.3, -0.25) is 9.59 Å². The Morgan fingerprint density at radius 3 is 2.70 bits per heavy atom. The van der Waals surface area contributed by atoms with E-state index in [2.05, 4.69) is 10.6 Å². The monoisotopic (exact) mass is 314 g/mol. The van der Waals surface area contributed by atoms with Crippen LogP contribution in [0.25, 0.3) is 0 Å². The number of benzene rings is 1. The van der Waals surface area contributed by atoms with E-state index >= 15 is 0 Å². The Labute approximate surface area is 134 Å². The molecule has 1 aliphatic rings. The standard InChI is InChI=1S/C16H18N4O3/c17-8-12(16(22)20-10-14-2-1-7-23-14)9-19-13-5-3-11(4-6-13)15(18)21/h3-6,9,14,19H,1-2,7,10H2,(H2,18,21)(H,20,22)/b12-9-. The van der Waals surface area contributed by atoms with E-state index in [1.807, 2.05) is 6.07 Å². The summed E-state index contributed by atoms with van der Waals surface area (Å²) in [4.78, 5) is 22.9. The molecule has 7 heteroatoms. The summed E-state index contributed by atoms with van der Waals surface area (Å²) in [7, 11) is 0. The first-order valence-electron chi connectivity index (χ1n) is 7.26. The van der Waals surface area contributed by atoms with Gasteiger partial charge in [-0.15, -0.1) is 0 Å². The van der Waals surface area contributed by atoms with Crippen LogP contribution in [0.5, 0.6) is 0 Å². The number of hydrogen-bond acceptors (Lipinski definition) is 5. The second-order valence-electron chi connectivity index (χ2n) is 5.10. The van der Waals surface area contributed by atoms with Gasteiger partial charge in [0.05, 0.1) is 6.10 Å². The molecule has 2 amide bonds. The van der Waals surface area contributed by atoms with Crippen molar-refractivity contribution in [2.45, 2.75) is 18.9 Å². The molecule has 0 radical (unpaired) electrons. The highest BCUT2D eigenvalue weighted by Crippen LogP contribution is 2.11. The molecule has 1 aromatic carbocycles. The molecule has 0 spiro atoms. The van der Waals surface area contributed by atoms with Crippen LogP contribution in [-0.2, 0) is 9.53 Å². The third-order valence-corrected chi connectivity index (χ3v) is 3.43. The third kappa shape index (κ3) is 4.83. The van der Waals surface area contributed by atoms with Crippen LogP contribution >= 0.6 is 0 Å². The molecule has 23 heavy (non-hydrogen) atoms. The Morgan fingerprint density at radius 2 is 2.13 bits per heavy atom. The van der Waals surface area contributed by atoms with Gasteiger partial charge in [-0.1, -0.05) is 0 Å². The van der Waals surface area contributed by atoms with E-state index < -0.39 is 11.8 Å². The minimum Gasteiger partial charge on any atom is -0.376 e. The number of hydrogen-bond donors (Lipinski definition) is 3. The third-order valence-electron chi connectivity index (χ3n) is 3.43. The van der Waals surface area contributed by atoms with E-state index in [9.17, 15) is 9.59 Å². The van der Waals surface area contributed by atoms with Crippen LogP contribution in [0.1, 0.15) is 23.2 Å². The second kappa shape index (κ2) is 7.96. The van der Waals surface area contributed by atoms with Gasteiger partial charge in [0.25, 0.3) is 5.91 Å². The average Bonchev–Trinajstić information content (AvgIpc) is 3.07. The lowest BCUT2D eigenvalue weighted by Gasteiger charge is -2.10. The minimum absolute atomic E-state index is 0.0215. The Kier molecular flexibility index (Phi) is 5.72. The Hall–Kier alpha value is -2.85. The van der Waals surface area contributed by atoms with E-state index in [1.165, 1.54) is 6.20 Å². The molecule has 1 saturated heterocycles. The summed E-state index contributed by atoms with van der Waals surface area (Å²) in [6, 6.07) is 8.23. The van der Waals surface area contributed by atoms with Gasteiger partial charge in [0, 0.05) is 30.6 Å². The van der Waals surface area contributed by atoms with E-state index in [0.29, 0.717) is 24.4 Å². The predicted molar refractivity (Wildman–Crippen MR) is 84.3 cm³/mol. The molecule has 1 aliphatic heterocycles. The molecule has 1 unspecified atom stereocenters. The van der Waals surface area contributed by atoms with Crippen LogP contribution in [-0.4, -0.2) is 31.1 Å². The zero-order chi connectivity index (χ0) is 16.7. The summed E-state index contributed by atoms with van der Waals surface area (Å²) in [5, 5.41) is 14.6. The number of amides is 2. The van der Waals surface area contributed by atoms with Crippen molar-refractivity contribution in [2.24, 2.45) is 5.73 Å². The van der Waals surface area contributed by atoms with Gasteiger partial charge >= 0.3 is 0 Å². The number of nitriles is 1. The van der Waals surface area contributed by atoms with Gasteiger partial charge in [-0.25, -0.2) is 0 Å². The van der Waals surface area contributed by atoms with Gasteiger partial charge < -0.3 is 21.1 Å². The average molecular weight is 314 g/mol. The summed E-state index contributed by atoms with van der Waals surface area (Å²) in [6.07, 6.45) is 3.25. The highest BCUT2D eigenvalue weighted by atomic mass is 16.5. The van der Waals surface area contributed by atoms with Crippen molar-refractivity contribution in [3.05, 3.63) is 41.6 Å². The molecule has 0 aliphatic carbocycles. The van der Waals surface area contributed by atoms with Gasteiger partial charge in [0.2, 0.25) is 5.91 Å². The van der Waals surface area contributed by atoms with Crippen LogP contribution in [0.4, 0.5) is 5.69 Å². The lowest BCUT2D eigenvalue weighted by molar-refractivity contribution is -0.117. The Balaban J connectivity index is 1.91. The first kappa shape index (κ1) is 16.5. The SMILES string of the molecule is N#C/C(=C/Nc1ccc(C(N)=O)cc1)C(=O)NCC1CCCO1. The van der Waals surface area contributed by atoms with Gasteiger partial charge in [0.1, 0.15) is 11.6 Å². The Morgan fingerprint density at radius 1 is 1.39 bits per heavy atom. The fraction of sp³-hybridized carbons (Fsp3) is 0.312. The normalized spacial score (nSPS) is 17.3. The number of nitrogens with one attached hydrogen (secondary N) is 2. The number of anilines is 1. The maximum absolute atomic E-state index is 11.9. The summed E-state index contributed by atoms with van der Waals surface area (Å²) in [5.41, 5.74) is 6.13. The number of nitrogens with zero attached hydrogens (tertiary/aromatic N) is 1. The van der Waals surface area contributed by atoms with Crippen LogP contribution in [0.15, 0.2) is 36.0 Å². The van der Waals surface area contributed by atoms with Crippen LogP contribution in [0, 0.1) is 11.3 Å². The van der Waals surface area contributed by atoms with Gasteiger partial charge in [-0.05, 0) is 37.1 Å². The van der Waals surface area contributed by atoms with E-state index in [1.54, 1.807) is 24.3 Å². The van der Waals surface area contributed by atoms with E-state index in [4.69, 9.17) is 15.7 Å². The molecule has 1 fully saturated rings. The van der Waals surface area contributed by atoms with Crippen molar-refractivity contribution >= 4 is 17.5 Å². The molecule has 0 bridgehead atoms. The van der Waals surface area contributed by atoms with Crippen LogP contribution < -0.4 is 16.4 Å². The molecule has 0 saturated carbocycles. The highest BCUT2D eigenvalue weighted by molar-refractivity contribution is 5.97. The van der Waals surface area contributed by atoms with Crippen molar-refractivity contribution in [3.63, 3.8) is 0 Å². The summed E-state index contributed by atoms with van der Waals surface area (Å²) < 4.78 is 5.41. The Bertz CT molecular complexity index is 640. The molecule has 1 aromatic rings. The molecule has 7 nitrogen and oxygen atoms in total. The fourth-order valence-corrected chi connectivity index (χ4v) is 2.14. The molecule has 1 atom stereocenters. The topological polar surface area (TPSA) is 117 Å². The summed E-state index contributed by atoms with van der Waals surface area (Å²) >= 11 is 0. The zero-order valence-electron chi connectivity index (χ0n) is 12.5. The second-order valence-corrected chi connectivity index (χ2v) is 5.10. The first-order valence-corrected chi connectivity index (χ1v) is 7.26. The number of primary amides is 1. The highest BCUT2D eigenvalue weighted by Gasteiger charge is 2.17. The molecule has 0 aromatic heterocycles. The maximum atomic E-state index is 11.9. The number of nitrogens with two attached hydrogens (primary N) is 1. The molecular formula is C16H18N4O3. The molecular weight excluding hydrogens is 296 g/mol. The van der Waals surface area contributed by atoms with Crippen molar-refractivity contribution in [3.8, 4) is 6.07 Å². The maximum Gasteiger partial charge on any atom is 0.263 e. The van der Waals surface area contributed by atoms with E-state index in [0.717, 1.165) is 12.8 Å². The van der Waals surface area contributed by atoms with Crippen molar-refractivity contribution < 1.29 is 14.3 Å². The van der Waals surface area contributed by atoms with Crippen molar-refractivity contribution in [1.29, 1.82) is 5.26 Å². The van der Waals surface area contributed by atoms with Gasteiger partial charge in [-0.2, -0.15) is 5.26 Å². The van der Waals surface area contributed by atoms with Crippen LogP contribution in [0.3, 0.4) is 0 Å². The smallest absolute Gasteiger partial charge is 0.263 e. The van der Waals surface area contributed by atoms with Gasteiger partial charge in [0.15, 0.2) is 0 Å². The lowest BCUT2D eigenvalue weighted by atomic mass is 10.2. The first-order chi connectivity index (χ1) is 11.1. The van der Waals surface area contributed by atoms with Crippen LogP contribution in [0.2, 0.25) is 0 Å². The lowest BCUT2D eigenvalue weighted by Crippen LogP contribution is -2.32. The summed E-state index contributed by atoms with van der Waals surface area (Å²) in [5.74, 6) is -0.970. The quantitative estimate of drug-likeness (QED) is 0.532. The largest absolute Gasteiger partial charge is 0.376 e. The molecule has 2 rings (SSSR count). The van der Waals surface area contributed by atoms with Crippen molar-refractivity contribution in [2.75, 3.05) is 18.5 Å². The minimum atomic E-state index is -0.515. The fourth-order valence-electron chi connectivity index (χ4n) is 2.14. The number of ether oxygens (including phenoxy) is 1. The molecule has 120 valence electrons. The number of carbonyl (C=O) groups is 2. The van der Waals surface area contributed by atoms with E-state index in [-0.39, 0.29) is 11.7 Å². The summed E-state index contributed by atoms with van der Waals surface area (Å²) in [6.45, 7) is 1.11. The van der Waals surface area contributed by atoms with Crippen molar-refractivity contribution in [1.82, 2.24) is 5.32 Å². The molecule has 1 heterocycles. The number of carbonyl (C=O) groups excluding carboxylic acids is 2. The number of rotatable bonds is 6. The predicted octanol–water partition coefficient (Wildman–Crippen LogP) is 0.900.